The summed E-state index contributed by atoms with van der Waals surface area (Å²) in [4.78, 5) is -0.00213. The van der Waals surface area contributed by atoms with Crippen molar-refractivity contribution >= 4 is 31.6 Å². The Labute approximate surface area is 125 Å². The Kier molecular flexibility index (Phi) is 3.52. The van der Waals surface area contributed by atoms with E-state index in [-0.39, 0.29) is 27.3 Å². The molecule has 0 radical (unpaired) electrons. The van der Waals surface area contributed by atoms with Crippen LogP contribution in [0.1, 0.15) is 12.8 Å². The van der Waals surface area contributed by atoms with Crippen LogP contribution < -0.4 is 5.73 Å². The minimum atomic E-state index is -3.70. The van der Waals surface area contributed by atoms with Crippen molar-refractivity contribution in [3.63, 3.8) is 0 Å². The van der Waals surface area contributed by atoms with Gasteiger partial charge < -0.3 is 10.5 Å². The molecule has 0 saturated carbocycles. The lowest BCUT2D eigenvalue weighted by Gasteiger charge is -2.31. The summed E-state index contributed by atoms with van der Waals surface area (Å²) in [5, 5.41) is 0. The summed E-state index contributed by atoms with van der Waals surface area (Å²) in [6.45, 7) is 0.672. The van der Waals surface area contributed by atoms with E-state index in [4.69, 9.17) is 10.5 Å². The molecule has 2 fully saturated rings. The van der Waals surface area contributed by atoms with Crippen LogP contribution in [0.5, 0.6) is 0 Å². The van der Waals surface area contributed by atoms with Gasteiger partial charge in [-0.15, -0.1) is 0 Å². The van der Waals surface area contributed by atoms with Gasteiger partial charge in [0.1, 0.15) is 5.82 Å². The Balaban J connectivity index is 1.98. The van der Waals surface area contributed by atoms with E-state index in [1.54, 1.807) is 0 Å². The summed E-state index contributed by atoms with van der Waals surface area (Å²) in [6, 6.07) is 2.24. The van der Waals surface area contributed by atoms with Gasteiger partial charge in [0.05, 0.1) is 22.8 Å². The molecule has 0 amide bonds. The first kappa shape index (κ1) is 14.2. The molecule has 0 aliphatic carbocycles. The van der Waals surface area contributed by atoms with Gasteiger partial charge in [-0.3, -0.25) is 0 Å². The lowest BCUT2D eigenvalue weighted by Crippen LogP contribution is -2.45. The quantitative estimate of drug-likeness (QED) is 0.811. The molecular weight excluding hydrogens is 351 g/mol. The summed E-state index contributed by atoms with van der Waals surface area (Å²) in [5.41, 5.74) is 5.30. The maximum Gasteiger partial charge on any atom is 0.244 e. The van der Waals surface area contributed by atoms with E-state index >= 15 is 0 Å². The number of halogens is 2. The number of nitrogens with zero attached hydrogens (tertiary/aromatic N) is 1. The predicted octanol–water partition coefficient (Wildman–Crippen LogP) is 1.72. The molecule has 2 bridgehead atoms. The second kappa shape index (κ2) is 4.94. The first-order valence-corrected chi connectivity index (χ1v) is 8.51. The molecule has 2 saturated heterocycles. The highest BCUT2D eigenvalue weighted by Crippen LogP contribution is 2.33. The topological polar surface area (TPSA) is 72.6 Å². The van der Waals surface area contributed by atoms with Gasteiger partial charge in [-0.2, -0.15) is 4.31 Å². The molecule has 20 heavy (non-hydrogen) atoms. The van der Waals surface area contributed by atoms with Crippen LogP contribution in [0.25, 0.3) is 0 Å². The van der Waals surface area contributed by atoms with Crippen LogP contribution in [0.3, 0.4) is 0 Å². The van der Waals surface area contributed by atoms with Gasteiger partial charge >= 0.3 is 0 Å². The molecule has 3 rings (SSSR count). The maximum absolute atomic E-state index is 13.3. The summed E-state index contributed by atoms with van der Waals surface area (Å²) in [6.07, 6.45) is 1.67. The summed E-state index contributed by atoms with van der Waals surface area (Å²) in [5.74, 6) is -0.641. The predicted molar refractivity (Wildman–Crippen MR) is 75.2 cm³/mol. The molecule has 110 valence electrons. The third-order valence-electron chi connectivity index (χ3n) is 3.68. The number of rotatable bonds is 2. The molecule has 2 aliphatic rings. The van der Waals surface area contributed by atoms with E-state index in [1.807, 2.05) is 0 Å². The summed E-state index contributed by atoms with van der Waals surface area (Å²) >= 11 is 3.10. The summed E-state index contributed by atoms with van der Waals surface area (Å²) < 4.78 is 45.9. The van der Waals surface area contributed by atoms with E-state index in [0.717, 1.165) is 25.0 Å². The fraction of sp³-hybridized carbons (Fsp3) is 0.500. The SMILES string of the molecule is Nc1cc(S(=O)(=O)N2CC3CCC(C2)O3)c(Br)cc1F. The maximum atomic E-state index is 13.3. The van der Waals surface area contributed by atoms with Crippen molar-refractivity contribution in [1.29, 1.82) is 0 Å². The third-order valence-corrected chi connectivity index (χ3v) is 6.47. The van der Waals surface area contributed by atoms with Crippen LogP contribution in [0.15, 0.2) is 21.5 Å². The first-order valence-electron chi connectivity index (χ1n) is 6.28. The fourth-order valence-electron chi connectivity index (χ4n) is 2.66. The third kappa shape index (κ3) is 2.34. The average Bonchev–Trinajstić information content (AvgIpc) is 2.72. The number of anilines is 1. The molecule has 2 aliphatic heterocycles. The minimum Gasteiger partial charge on any atom is -0.396 e. The van der Waals surface area contributed by atoms with Crippen LogP contribution in [-0.4, -0.2) is 38.0 Å². The van der Waals surface area contributed by atoms with Crippen LogP contribution in [0.2, 0.25) is 0 Å². The number of nitrogens with two attached hydrogens (primary N) is 1. The monoisotopic (exact) mass is 364 g/mol. The van der Waals surface area contributed by atoms with Crippen molar-refractivity contribution in [3.05, 3.63) is 22.4 Å². The van der Waals surface area contributed by atoms with Gasteiger partial charge in [-0.1, -0.05) is 0 Å². The molecule has 0 aromatic heterocycles. The highest BCUT2D eigenvalue weighted by atomic mass is 79.9. The van der Waals surface area contributed by atoms with Crippen molar-refractivity contribution in [2.75, 3.05) is 18.8 Å². The Morgan fingerprint density at radius 1 is 1.30 bits per heavy atom. The highest BCUT2D eigenvalue weighted by molar-refractivity contribution is 9.10. The van der Waals surface area contributed by atoms with Crippen LogP contribution >= 0.6 is 15.9 Å². The molecule has 0 spiro atoms. The van der Waals surface area contributed by atoms with Gasteiger partial charge in [-0.25, -0.2) is 12.8 Å². The molecule has 2 atom stereocenters. The van der Waals surface area contributed by atoms with E-state index in [9.17, 15) is 12.8 Å². The number of ether oxygens (including phenoxy) is 1. The summed E-state index contributed by atoms with van der Waals surface area (Å²) in [7, 11) is -3.70. The zero-order chi connectivity index (χ0) is 14.5. The molecule has 2 unspecified atom stereocenters. The van der Waals surface area contributed by atoms with E-state index in [0.29, 0.717) is 13.1 Å². The van der Waals surface area contributed by atoms with Crippen molar-refractivity contribution < 1.29 is 17.5 Å². The van der Waals surface area contributed by atoms with Gasteiger partial charge in [0.2, 0.25) is 10.0 Å². The largest absolute Gasteiger partial charge is 0.396 e. The lowest BCUT2D eigenvalue weighted by molar-refractivity contribution is -0.0114. The number of sulfonamides is 1. The zero-order valence-corrected chi connectivity index (χ0v) is 13.0. The average molecular weight is 365 g/mol. The lowest BCUT2D eigenvalue weighted by atomic mass is 10.2. The molecule has 5 nitrogen and oxygen atoms in total. The standard InChI is InChI=1S/C12H14BrFN2O3S/c13-9-3-10(14)11(15)4-12(9)20(17,18)16-5-7-1-2-8(6-16)19-7/h3-4,7-8H,1-2,5-6,15H2. The van der Waals surface area contributed by atoms with Crippen LogP contribution in [-0.2, 0) is 14.8 Å². The number of benzene rings is 1. The zero-order valence-electron chi connectivity index (χ0n) is 10.6. The van der Waals surface area contributed by atoms with Gasteiger partial charge in [0, 0.05) is 17.6 Å². The first-order chi connectivity index (χ1) is 9.38. The molecular formula is C12H14BrFN2O3S. The van der Waals surface area contributed by atoms with Crippen molar-refractivity contribution in [3.8, 4) is 0 Å². The Bertz CT molecular complexity index is 640. The second-order valence-electron chi connectivity index (χ2n) is 5.08. The molecule has 1 aromatic carbocycles. The Hall–Kier alpha value is -0.700. The Morgan fingerprint density at radius 2 is 1.90 bits per heavy atom. The van der Waals surface area contributed by atoms with E-state index in [2.05, 4.69) is 15.9 Å². The smallest absolute Gasteiger partial charge is 0.244 e. The number of morpholine rings is 1. The van der Waals surface area contributed by atoms with Crippen LogP contribution in [0.4, 0.5) is 10.1 Å². The molecule has 8 heteroatoms. The van der Waals surface area contributed by atoms with E-state index in [1.165, 1.54) is 4.31 Å². The fourth-order valence-corrected chi connectivity index (χ4v) is 5.17. The highest BCUT2D eigenvalue weighted by Gasteiger charge is 2.40. The van der Waals surface area contributed by atoms with E-state index < -0.39 is 15.8 Å². The van der Waals surface area contributed by atoms with Crippen LogP contribution in [0, 0.1) is 5.82 Å². The van der Waals surface area contributed by atoms with Gasteiger partial charge in [-0.05, 0) is 40.9 Å². The number of hydrogen-bond acceptors (Lipinski definition) is 4. The normalized spacial score (nSPS) is 26.9. The molecule has 2 N–H and O–H groups in total. The van der Waals surface area contributed by atoms with Crippen molar-refractivity contribution in [1.82, 2.24) is 4.31 Å². The van der Waals surface area contributed by atoms with Gasteiger partial charge in [0.15, 0.2) is 0 Å². The van der Waals surface area contributed by atoms with Gasteiger partial charge in [0.25, 0.3) is 0 Å². The Morgan fingerprint density at radius 3 is 2.50 bits per heavy atom. The second-order valence-corrected chi connectivity index (χ2v) is 7.84. The van der Waals surface area contributed by atoms with Crippen molar-refractivity contribution in [2.45, 2.75) is 29.9 Å². The number of hydrogen-bond donors (Lipinski definition) is 1. The number of nitrogen functional groups attached to an aromatic ring is 1. The molecule has 2 heterocycles. The molecule has 1 aromatic rings. The minimum absolute atomic E-state index is 0.00213. The number of fused-ring (bicyclic) bond motifs is 2. The van der Waals surface area contributed by atoms with Crippen molar-refractivity contribution in [2.24, 2.45) is 0 Å².